The molecule has 6 heteroatoms. The van der Waals surface area contributed by atoms with Crippen molar-refractivity contribution in [2.45, 2.75) is 13.0 Å². The Kier molecular flexibility index (Phi) is 4.05. The molecule has 1 aliphatic heterocycles. The van der Waals surface area contributed by atoms with Crippen molar-refractivity contribution in [1.82, 2.24) is 9.55 Å². The van der Waals surface area contributed by atoms with E-state index in [1.54, 1.807) is 6.92 Å². The third-order valence-electron chi connectivity index (χ3n) is 5.39. The van der Waals surface area contributed by atoms with Crippen LogP contribution in [0, 0.1) is 5.92 Å². The summed E-state index contributed by atoms with van der Waals surface area (Å²) in [6.45, 7) is 1.95. The fraction of sp³-hybridized carbons (Fsp3) is 0.174. The molecule has 0 saturated carbocycles. The number of carbonyl (C=O) groups is 2. The number of nitrogens with one attached hydrogen (secondary N) is 1. The first-order valence-corrected chi connectivity index (χ1v) is 9.61. The normalized spacial score (nSPS) is 18.4. The van der Waals surface area contributed by atoms with Gasteiger partial charge in [-0.2, -0.15) is 0 Å². The Morgan fingerprint density at radius 3 is 2.69 bits per heavy atom. The largest absolute Gasteiger partial charge is 0.465 e. The van der Waals surface area contributed by atoms with Crippen LogP contribution in [0.4, 0.5) is 5.95 Å². The number of para-hydroxylation sites is 2. The fourth-order valence-electron chi connectivity index (χ4n) is 4.19. The smallest absolute Gasteiger partial charge is 0.321 e. The molecule has 1 N–H and O–H groups in total. The lowest BCUT2D eigenvalue weighted by molar-refractivity contribution is -0.152. The number of fused-ring (bicyclic) bond motifs is 4. The first kappa shape index (κ1) is 17.4. The number of ether oxygens (including phenoxy) is 1. The maximum Gasteiger partial charge on any atom is 0.321 e. The van der Waals surface area contributed by atoms with Crippen LogP contribution >= 0.6 is 0 Å². The van der Waals surface area contributed by atoms with Gasteiger partial charge in [-0.15, -0.1) is 0 Å². The standard InChI is InChI=1S/C23H19N3O3/c1-2-29-22(28)19-20(16-11-7-9-14-8-3-4-10-15(14)16)26-18-13-6-5-12-17(18)24-23(26)25-21(19)27/h3-13,19-20H,2H2,1H3,(H,24,25,27). The average molecular weight is 385 g/mol. The van der Waals surface area contributed by atoms with Gasteiger partial charge in [-0.3, -0.25) is 14.9 Å². The molecule has 6 nitrogen and oxygen atoms in total. The van der Waals surface area contributed by atoms with Crippen LogP contribution in [0.3, 0.4) is 0 Å². The van der Waals surface area contributed by atoms with Crippen LogP contribution in [0.25, 0.3) is 21.8 Å². The number of imidazole rings is 1. The Balaban J connectivity index is 1.83. The van der Waals surface area contributed by atoms with Gasteiger partial charge in [0, 0.05) is 0 Å². The second-order valence-corrected chi connectivity index (χ2v) is 7.03. The van der Waals surface area contributed by atoms with Crippen LogP contribution < -0.4 is 5.32 Å². The lowest BCUT2D eigenvalue weighted by Crippen LogP contribution is -2.43. The topological polar surface area (TPSA) is 73.2 Å². The van der Waals surface area contributed by atoms with Crippen molar-refractivity contribution in [2.75, 3.05) is 11.9 Å². The number of aromatic nitrogens is 2. The van der Waals surface area contributed by atoms with E-state index in [-0.39, 0.29) is 6.61 Å². The van der Waals surface area contributed by atoms with Crippen molar-refractivity contribution < 1.29 is 14.3 Å². The number of carbonyl (C=O) groups excluding carboxylic acids is 2. The molecule has 144 valence electrons. The highest BCUT2D eigenvalue weighted by atomic mass is 16.5. The SMILES string of the molecule is CCOC(=O)C1C(=O)Nc2nc3ccccc3n2C1c1cccc2ccccc12. The maximum atomic E-state index is 13.0. The van der Waals surface area contributed by atoms with E-state index in [1.165, 1.54) is 0 Å². The lowest BCUT2D eigenvalue weighted by atomic mass is 9.87. The van der Waals surface area contributed by atoms with Gasteiger partial charge in [0.15, 0.2) is 5.92 Å². The molecule has 2 atom stereocenters. The minimum Gasteiger partial charge on any atom is -0.465 e. The van der Waals surface area contributed by atoms with E-state index in [2.05, 4.69) is 10.3 Å². The number of hydrogen-bond donors (Lipinski definition) is 1. The molecule has 0 saturated heterocycles. The van der Waals surface area contributed by atoms with Crippen molar-refractivity contribution in [3.8, 4) is 0 Å². The Morgan fingerprint density at radius 2 is 1.83 bits per heavy atom. The molecule has 0 spiro atoms. The van der Waals surface area contributed by atoms with E-state index in [4.69, 9.17) is 4.74 Å². The molecule has 5 rings (SSSR count). The summed E-state index contributed by atoms with van der Waals surface area (Å²) in [6.07, 6.45) is 0. The summed E-state index contributed by atoms with van der Waals surface area (Å²) in [5, 5.41) is 4.84. The summed E-state index contributed by atoms with van der Waals surface area (Å²) < 4.78 is 7.23. The van der Waals surface area contributed by atoms with Crippen molar-refractivity contribution in [1.29, 1.82) is 0 Å². The third-order valence-corrected chi connectivity index (χ3v) is 5.39. The zero-order valence-corrected chi connectivity index (χ0v) is 15.8. The highest BCUT2D eigenvalue weighted by molar-refractivity contribution is 6.08. The first-order valence-electron chi connectivity index (χ1n) is 9.61. The van der Waals surface area contributed by atoms with Crippen LogP contribution in [0.15, 0.2) is 66.7 Å². The molecule has 2 heterocycles. The Bertz CT molecular complexity index is 1260. The van der Waals surface area contributed by atoms with Gasteiger partial charge in [0.25, 0.3) is 0 Å². The van der Waals surface area contributed by atoms with Crippen molar-refractivity contribution in [3.63, 3.8) is 0 Å². The van der Waals surface area contributed by atoms with E-state index >= 15 is 0 Å². The van der Waals surface area contributed by atoms with Gasteiger partial charge in [0.1, 0.15) is 0 Å². The third kappa shape index (κ3) is 2.68. The van der Waals surface area contributed by atoms with Crippen LogP contribution in [0.5, 0.6) is 0 Å². The molecule has 3 aromatic carbocycles. The van der Waals surface area contributed by atoms with E-state index in [0.717, 1.165) is 27.4 Å². The predicted molar refractivity (Wildman–Crippen MR) is 111 cm³/mol. The molecule has 29 heavy (non-hydrogen) atoms. The number of nitrogens with zero attached hydrogens (tertiary/aromatic N) is 2. The summed E-state index contributed by atoms with van der Waals surface area (Å²) in [5.41, 5.74) is 2.51. The second kappa shape index (κ2) is 6.74. The Hall–Kier alpha value is -3.67. The second-order valence-electron chi connectivity index (χ2n) is 7.03. The van der Waals surface area contributed by atoms with Gasteiger partial charge < -0.3 is 9.30 Å². The number of rotatable bonds is 3. The molecule has 0 aliphatic carbocycles. The molecule has 0 fully saturated rings. The molecule has 2 unspecified atom stereocenters. The molecular formula is C23H19N3O3. The van der Waals surface area contributed by atoms with Gasteiger partial charge >= 0.3 is 5.97 Å². The zero-order valence-electron chi connectivity index (χ0n) is 15.8. The number of benzene rings is 3. The minimum atomic E-state index is -1.01. The van der Waals surface area contributed by atoms with Gasteiger partial charge in [-0.05, 0) is 35.4 Å². The van der Waals surface area contributed by atoms with E-state index in [1.807, 2.05) is 71.3 Å². The van der Waals surface area contributed by atoms with Crippen molar-refractivity contribution in [3.05, 3.63) is 72.3 Å². The van der Waals surface area contributed by atoms with Crippen LogP contribution in [-0.4, -0.2) is 28.0 Å². The molecular weight excluding hydrogens is 366 g/mol. The van der Waals surface area contributed by atoms with E-state index < -0.39 is 23.8 Å². The fourth-order valence-corrected chi connectivity index (χ4v) is 4.19. The zero-order chi connectivity index (χ0) is 20.0. The monoisotopic (exact) mass is 385 g/mol. The molecule has 0 radical (unpaired) electrons. The molecule has 4 aromatic rings. The summed E-state index contributed by atoms with van der Waals surface area (Å²) in [4.78, 5) is 30.5. The highest BCUT2D eigenvalue weighted by Gasteiger charge is 2.44. The summed E-state index contributed by atoms with van der Waals surface area (Å²) >= 11 is 0. The first-order chi connectivity index (χ1) is 14.2. The van der Waals surface area contributed by atoms with Gasteiger partial charge in [-0.1, -0.05) is 54.6 Å². The number of amides is 1. The minimum absolute atomic E-state index is 0.211. The maximum absolute atomic E-state index is 13.0. The summed E-state index contributed by atoms with van der Waals surface area (Å²) in [7, 11) is 0. The van der Waals surface area contributed by atoms with Crippen LogP contribution in [-0.2, 0) is 14.3 Å². The Morgan fingerprint density at radius 1 is 1.07 bits per heavy atom. The van der Waals surface area contributed by atoms with Crippen molar-refractivity contribution in [2.24, 2.45) is 5.92 Å². The van der Waals surface area contributed by atoms with Crippen molar-refractivity contribution >= 4 is 39.6 Å². The van der Waals surface area contributed by atoms with Crippen LogP contribution in [0.1, 0.15) is 18.5 Å². The highest BCUT2D eigenvalue weighted by Crippen LogP contribution is 2.40. The summed E-state index contributed by atoms with van der Waals surface area (Å²) in [5.74, 6) is -1.50. The Labute approximate surface area is 167 Å². The number of hydrogen-bond acceptors (Lipinski definition) is 4. The van der Waals surface area contributed by atoms with Gasteiger partial charge in [0.2, 0.25) is 11.9 Å². The molecule has 0 bridgehead atoms. The average Bonchev–Trinajstić information content (AvgIpc) is 3.10. The number of esters is 1. The van der Waals surface area contributed by atoms with Gasteiger partial charge in [-0.25, -0.2) is 4.98 Å². The molecule has 1 amide bonds. The van der Waals surface area contributed by atoms with E-state index in [9.17, 15) is 9.59 Å². The predicted octanol–water partition coefficient (Wildman–Crippen LogP) is 3.91. The molecule has 1 aliphatic rings. The summed E-state index contributed by atoms with van der Waals surface area (Å²) in [6, 6.07) is 21.0. The number of anilines is 1. The quantitative estimate of drug-likeness (QED) is 0.429. The van der Waals surface area contributed by atoms with Gasteiger partial charge in [0.05, 0.1) is 23.7 Å². The lowest BCUT2D eigenvalue weighted by Gasteiger charge is -2.32. The van der Waals surface area contributed by atoms with Crippen LogP contribution in [0.2, 0.25) is 0 Å². The molecule has 1 aromatic heterocycles. The van der Waals surface area contributed by atoms with E-state index in [0.29, 0.717) is 5.95 Å².